The van der Waals surface area contributed by atoms with Crippen LogP contribution < -0.4 is 5.46 Å². The van der Waals surface area contributed by atoms with Gasteiger partial charge in [-0.25, -0.2) is 0 Å². The number of rotatable bonds is 3. The molecular formula is C31H30BNO. The van der Waals surface area contributed by atoms with Gasteiger partial charge in [-0.05, 0) is 66.4 Å². The van der Waals surface area contributed by atoms with E-state index in [0.29, 0.717) is 0 Å². The third-order valence-electron chi connectivity index (χ3n) is 8.06. The van der Waals surface area contributed by atoms with Crippen LogP contribution in [0.1, 0.15) is 27.7 Å². The van der Waals surface area contributed by atoms with Gasteiger partial charge in [-0.2, -0.15) is 0 Å². The average molecular weight is 443 g/mol. The van der Waals surface area contributed by atoms with Crippen molar-refractivity contribution in [3.63, 3.8) is 0 Å². The summed E-state index contributed by atoms with van der Waals surface area (Å²) >= 11 is 0. The minimum Gasteiger partial charge on any atom is -0.426 e. The summed E-state index contributed by atoms with van der Waals surface area (Å²) in [4.78, 5) is 0. The normalized spacial score (nSPS) is 17.0. The van der Waals surface area contributed by atoms with Crippen molar-refractivity contribution in [2.24, 2.45) is 5.41 Å². The fraction of sp³-hybridized carbons (Fsp3) is 0.226. The molecule has 5 aromatic rings. The first-order valence-electron chi connectivity index (χ1n) is 12.2. The second-order valence-electron chi connectivity index (χ2n) is 10.7. The van der Waals surface area contributed by atoms with E-state index in [-0.39, 0.29) is 17.9 Å². The van der Waals surface area contributed by atoms with E-state index in [1.165, 1.54) is 44.1 Å². The Kier molecular flexibility index (Phi) is 4.76. The summed E-state index contributed by atoms with van der Waals surface area (Å²) in [6.07, 6.45) is 1.03. The Bertz CT molecular complexity index is 1480. The van der Waals surface area contributed by atoms with Gasteiger partial charge in [0, 0.05) is 16.5 Å². The first-order chi connectivity index (χ1) is 16.3. The van der Waals surface area contributed by atoms with Crippen LogP contribution in [0.3, 0.4) is 0 Å². The first-order valence-corrected chi connectivity index (χ1v) is 12.2. The number of hydrogen-bond donors (Lipinski definition) is 0. The quantitative estimate of drug-likeness (QED) is 0.264. The molecule has 0 bridgehead atoms. The lowest BCUT2D eigenvalue weighted by Gasteiger charge is -2.34. The molecule has 0 unspecified atom stereocenters. The molecule has 4 aromatic carbocycles. The summed E-state index contributed by atoms with van der Waals surface area (Å²) in [5.41, 5.74) is 7.36. The van der Waals surface area contributed by atoms with Crippen LogP contribution >= 0.6 is 0 Å². The predicted octanol–water partition coefficient (Wildman–Crippen LogP) is 7.48. The molecule has 2 heterocycles. The minimum absolute atomic E-state index is 0.112. The van der Waals surface area contributed by atoms with Crippen molar-refractivity contribution >= 4 is 34.2 Å². The van der Waals surface area contributed by atoms with Gasteiger partial charge in [-0.3, -0.25) is 0 Å². The molecule has 0 atom stereocenters. The van der Waals surface area contributed by atoms with Crippen molar-refractivity contribution in [3.05, 3.63) is 97.1 Å². The number of nitrogens with zero attached hydrogens (tertiary/aromatic N) is 1. The highest BCUT2D eigenvalue weighted by atomic mass is 16.5. The van der Waals surface area contributed by atoms with Gasteiger partial charge in [-0.15, -0.1) is 0 Å². The highest BCUT2D eigenvalue weighted by Crippen LogP contribution is 2.45. The fourth-order valence-electron chi connectivity index (χ4n) is 5.35. The SMILES string of the molecule is CC1(C)CB(c2ccc3c4ccccc4n(-c4ccc(-c5ccccc5)cc4)c3c2)OC1(C)C. The Morgan fingerprint density at radius 1 is 0.676 bits per heavy atom. The van der Waals surface area contributed by atoms with Crippen LogP contribution in [0.25, 0.3) is 38.6 Å². The molecule has 34 heavy (non-hydrogen) atoms. The number of fused-ring (bicyclic) bond motifs is 3. The van der Waals surface area contributed by atoms with Crippen LogP contribution in [0.5, 0.6) is 0 Å². The Labute approximate surface area is 202 Å². The van der Waals surface area contributed by atoms with E-state index in [4.69, 9.17) is 4.65 Å². The molecule has 168 valence electrons. The van der Waals surface area contributed by atoms with Gasteiger partial charge >= 0.3 is 6.92 Å². The van der Waals surface area contributed by atoms with Gasteiger partial charge in [0.1, 0.15) is 0 Å². The molecule has 3 heteroatoms. The molecule has 0 spiro atoms. The lowest BCUT2D eigenvalue weighted by atomic mass is 9.54. The van der Waals surface area contributed by atoms with Gasteiger partial charge in [0.2, 0.25) is 0 Å². The minimum atomic E-state index is -0.146. The van der Waals surface area contributed by atoms with Gasteiger partial charge in [0.15, 0.2) is 0 Å². The van der Waals surface area contributed by atoms with Gasteiger partial charge in [0.05, 0.1) is 16.6 Å². The average Bonchev–Trinajstić information content (AvgIpc) is 3.29. The van der Waals surface area contributed by atoms with Gasteiger partial charge < -0.3 is 9.22 Å². The van der Waals surface area contributed by atoms with Crippen LogP contribution in [-0.4, -0.2) is 17.1 Å². The van der Waals surface area contributed by atoms with Gasteiger partial charge in [-0.1, -0.05) is 86.6 Å². The molecule has 0 aliphatic carbocycles. The number of hydrogen-bond acceptors (Lipinski definition) is 1. The van der Waals surface area contributed by atoms with E-state index in [0.717, 1.165) is 6.32 Å². The van der Waals surface area contributed by atoms with Crippen molar-refractivity contribution in [2.75, 3.05) is 0 Å². The lowest BCUT2D eigenvalue weighted by Crippen LogP contribution is -2.36. The zero-order valence-electron chi connectivity index (χ0n) is 20.4. The smallest absolute Gasteiger partial charge is 0.328 e. The molecule has 6 rings (SSSR count). The Morgan fingerprint density at radius 3 is 2.03 bits per heavy atom. The molecule has 1 fully saturated rings. The maximum atomic E-state index is 6.57. The van der Waals surface area contributed by atoms with Crippen LogP contribution in [0.15, 0.2) is 97.1 Å². The van der Waals surface area contributed by atoms with E-state index < -0.39 is 0 Å². The Hall–Kier alpha value is -3.30. The third-order valence-corrected chi connectivity index (χ3v) is 8.06. The summed E-state index contributed by atoms with van der Waals surface area (Å²) in [6, 6.07) is 35.1. The van der Waals surface area contributed by atoms with E-state index >= 15 is 0 Å². The highest BCUT2D eigenvalue weighted by molar-refractivity contribution is 6.68. The predicted molar refractivity (Wildman–Crippen MR) is 145 cm³/mol. The topological polar surface area (TPSA) is 14.2 Å². The second kappa shape index (κ2) is 7.61. The number of benzene rings is 4. The van der Waals surface area contributed by atoms with E-state index in [2.05, 4.69) is 129 Å². The van der Waals surface area contributed by atoms with Crippen LogP contribution in [-0.2, 0) is 4.65 Å². The van der Waals surface area contributed by atoms with Crippen molar-refractivity contribution in [1.82, 2.24) is 4.57 Å². The number of aromatic nitrogens is 1. The summed E-state index contributed by atoms with van der Waals surface area (Å²) in [5.74, 6) is 0. The first kappa shape index (κ1) is 21.3. The van der Waals surface area contributed by atoms with Crippen molar-refractivity contribution in [3.8, 4) is 16.8 Å². The van der Waals surface area contributed by atoms with Crippen molar-refractivity contribution in [1.29, 1.82) is 0 Å². The lowest BCUT2D eigenvalue weighted by molar-refractivity contribution is 0.0375. The maximum absolute atomic E-state index is 6.57. The monoisotopic (exact) mass is 443 g/mol. The molecule has 1 saturated heterocycles. The summed E-state index contributed by atoms with van der Waals surface area (Å²) < 4.78 is 8.97. The van der Waals surface area contributed by atoms with Crippen molar-refractivity contribution < 1.29 is 4.65 Å². The molecule has 0 N–H and O–H groups in total. The molecule has 1 aliphatic rings. The second-order valence-corrected chi connectivity index (χ2v) is 10.7. The standard InChI is InChI=1S/C31H30BNO/c1-30(2)21-32(34-31(30,3)4)24-16-19-27-26-12-8-9-13-28(26)33(29(27)20-24)25-17-14-23(15-18-25)22-10-6-5-7-11-22/h5-20H,21H2,1-4H3. The summed E-state index contributed by atoms with van der Waals surface area (Å²) in [5, 5.41) is 2.56. The zero-order valence-corrected chi connectivity index (χ0v) is 20.4. The molecule has 0 amide bonds. The van der Waals surface area contributed by atoms with Gasteiger partial charge in [0.25, 0.3) is 0 Å². The largest absolute Gasteiger partial charge is 0.426 e. The molecule has 1 aromatic heterocycles. The fourth-order valence-corrected chi connectivity index (χ4v) is 5.35. The molecule has 1 aliphatic heterocycles. The van der Waals surface area contributed by atoms with Crippen LogP contribution in [0.2, 0.25) is 6.32 Å². The Balaban J connectivity index is 1.50. The summed E-state index contributed by atoms with van der Waals surface area (Å²) in [7, 11) is 0. The maximum Gasteiger partial charge on any atom is 0.328 e. The number of para-hydroxylation sites is 1. The summed E-state index contributed by atoms with van der Waals surface area (Å²) in [6.45, 7) is 9.18. The van der Waals surface area contributed by atoms with Crippen molar-refractivity contribution in [2.45, 2.75) is 39.6 Å². The van der Waals surface area contributed by atoms with E-state index in [9.17, 15) is 0 Å². The Morgan fingerprint density at radius 2 is 1.32 bits per heavy atom. The van der Waals surface area contributed by atoms with E-state index in [1.807, 2.05) is 0 Å². The van der Waals surface area contributed by atoms with Crippen LogP contribution in [0.4, 0.5) is 0 Å². The third kappa shape index (κ3) is 3.30. The molecular weight excluding hydrogens is 413 g/mol. The molecule has 0 saturated carbocycles. The molecule has 0 radical (unpaired) electrons. The van der Waals surface area contributed by atoms with E-state index in [1.54, 1.807) is 0 Å². The van der Waals surface area contributed by atoms with Crippen LogP contribution in [0, 0.1) is 5.41 Å². The molecule has 2 nitrogen and oxygen atoms in total. The highest BCUT2D eigenvalue weighted by Gasteiger charge is 2.49. The zero-order chi connectivity index (χ0) is 23.5.